The number of hydrogen-bond donors (Lipinski definition) is 1. The minimum Gasteiger partial charge on any atom is -0.351 e. The second-order valence-electron chi connectivity index (χ2n) is 6.02. The smallest absolute Gasteiger partial charge is 0.235 e. The number of hydrogen-bond acceptors (Lipinski definition) is 6. The van der Waals surface area contributed by atoms with E-state index in [4.69, 9.17) is 5.26 Å². The van der Waals surface area contributed by atoms with E-state index in [1.165, 1.54) is 22.2 Å². The highest BCUT2D eigenvalue weighted by Crippen LogP contribution is 2.19. The lowest BCUT2D eigenvalue weighted by Crippen LogP contribution is -2.34. The molecule has 0 bridgehead atoms. The number of nitrogens with zero attached hydrogens (tertiary/aromatic N) is 4. The van der Waals surface area contributed by atoms with E-state index in [1.807, 2.05) is 32.9 Å². The fraction of sp³-hybridized carbons (Fsp3) is 0.400. The van der Waals surface area contributed by atoms with Gasteiger partial charge < -0.3 is 5.32 Å². The fourth-order valence-electron chi connectivity index (χ4n) is 1.75. The number of thiophene rings is 1. The molecular formula is C15H17N5O2S. The van der Waals surface area contributed by atoms with E-state index < -0.39 is 5.41 Å². The summed E-state index contributed by atoms with van der Waals surface area (Å²) in [6.07, 6.45) is 1.36. The van der Waals surface area contributed by atoms with Gasteiger partial charge in [-0.15, -0.1) is 21.5 Å². The zero-order chi connectivity index (χ0) is 17.0. The minimum absolute atomic E-state index is 0.0181. The van der Waals surface area contributed by atoms with Crippen LogP contribution in [0.4, 0.5) is 0 Å². The normalized spacial score (nSPS) is 11.0. The predicted molar refractivity (Wildman–Crippen MR) is 84.7 cm³/mol. The molecule has 0 unspecified atom stereocenters. The third kappa shape index (κ3) is 4.23. The molecule has 0 atom stereocenters. The van der Waals surface area contributed by atoms with Crippen LogP contribution in [0.1, 0.15) is 41.1 Å². The van der Waals surface area contributed by atoms with Gasteiger partial charge in [-0.05, 0) is 12.1 Å². The van der Waals surface area contributed by atoms with Gasteiger partial charge in [0.15, 0.2) is 5.78 Å². The number of ketones is 1. The van der Waals surface area contributed by atoms with Crippen molar-refractivity contribution in [3.8, 4) is 6.07 Å². The fourth-order valence-corrected chi connectivity index (χ4v) is 2.62. The molecule has 2 heterocycles. The molecule has 0 saturated heterocycles. The molecule has 1 amide bonds. The Morgan fingerprint density at radius 3 is 2.78 bits per heavy atom. The van der Waals surface area contributed by atoms with E-state index in [-0.39, 0.29) is 24.1 Å². The van der Waals surface area contributed by atoms with Gasteiger partial charge in [0.25, 0.3) is 0 Å². The van der Waals surface area contributed by atoms with Crippen molar-refractivity contribution in [1.29, 1.82) is 5.26 Å². The predicted octanol–water partition coefficient (Wildman–Crippen LogP) is 1.76. The summed E-state index contributed by atoms with van der Waals surface area (Å²) in [7, 11) is 0. The van der Waals surface area contributed by atoms with Gasteiger partial charge in [0.2, 0.25) is 11.7 Å². The van der Waals surface area contributed by atoms with Crippen molar-refractivity contribution in [2.45, 2.75) is 33.9 Å². The van der Waals surface area contributed by atoms with Crippen molar-refractivity contribution in [2.75, 3.05) is 0 Å². The molecule has 0 saturated carbocycles. The van der Waals surface area contributed by atoms with Gasteiger partial charge in [0.05, 0.1) is 18.0 Å². The average Bonchev–Trinajstić information content (AvgIpc) is 3.12. The van der Waals surface area contributed by atoms with Gasteiger partial charge in [-0.25, -0.2) is 0 Å². The summed E-state index contributed by atoms with van der Waals surface area (Å²) in [6.45, 7) is 5.95. The standard InChI is InChI=1S/C15H17N5O2S/c1-15(2,3)14(22)17-7-10-4-5-12(23-10)11(21)8-20-9-18-19-13(20)6-16/h4-5,9H,7-8H2,1-3H3,(H,17,22). The summed E-state index contributed by atoms with van der Waals surface area (Å²) < 4.78 is 1.41. The number of amides is 1. The number of nitrogens with one attached hydrogen (secondary N) is 1. The van der Waals surface area contributed by atoms with E-state index in [0.717, 1.165) is 4.88 Å². The molecule has 7 nitrogen and oxygen atoms in total. The molecule has 0 aliphatic carbocycles. The van der Waals surface area contributed by atoms with E-state index >= 15 is 0 Å². The Kier molecular flexibility index (Phi) is 4.91. The lowest BCUT2D eigenvalue weighted by Gasteiger charge is -2.17. The maximum Gasteiger partial charge on any atom is 0.235 e. The molecule has 0 aromatic carbocycles. The maximum absolute atomic E-state index is 12.2. The number of rotatable bonds is 5. The van der Waals surface area contributed by atoms with Crippen LogP contribution < -0.4 is 5.32 Å². The second kappa shape index (κ2) is 6.71. The number of nitriles is 1. The number of aromatic nitrogens is 3. The summed E-state index contributed by atoms with van der Waals surface area (Å²) in [5.41, 5.74) is -0.446. The summed E-state index contributed by atoms with van der Waals surface area (Å²) in [5, 5.41) is 18.9. The van der Waals surface area contributed by atoms with Crippen LogP contribution in [0.5, 0.6) is 0 Å². The largest absolute Gasteiger partial charge is 0.351 e. The minimum atomic E-state index is -0.446. The zero-order valence-electron chi connectivity index (χ0n) is 13.2. The SMILES string of the molecule is CC(C)(C)C(=O)NCc1ccc(C(=O)Cn2cnnc2C#N)s1. The van der Waals surface area contributed by atoms with Gasteiger partial charge in [0.1, 0.15) is 12.4 Å². The molecule has 2 aromatic heterocycles. The van der Waals surface area contributed by atoms with E-state index in [2.05, 4.69) is 15.5 Å². The van der Waals surface area contributed by atoms with Crippen LogP contribution in [0.2, 0.25) is 0 Å². The van der Waals surface area contributed by atoms with Crippen molar-refractivity contribution < 1.29 is 9.59 Å². The molecule has 2 rings (SSSR count). The first-order valence-corrected chi connectivity index (χ1v) is 7.81. The summed E-state index contributed by atoms with van der Waals surface area (Å²) in [5.74, 6) is -0.0609. The first kappa shape index (κ1) is 16.8. The monoisotopic (exact) mass is 331 g/mol. The van der Waals surface area contributed by atoms with Crippen molar-refractivity contribution in [2.24, 2.45) is 5.41 Å². The molecule has 2 aromatic rings. The molecule has 0 aliphatic heterocycles. The number of Topliss-reactive ketones (excluding diaryl/α,β-unsaturated/α-hetero) is 1. The van der Waals surface area contributed by atoms with Crippen LogP contribution in [0.15, 0.2) is 18.5 Å². The number of carbonyl (C=O) groups excluding carboxylic acids is 2. The highest BCUT2D eigenvalue weighted by atomic mass is 32.1. The Bertz CT molecular complexity index is 763. The highest BCUT2D eigenvalue weighted by molar-refractivity contribution is 7.14. The average molecular weight is 331 g/mol. The Morgan fingerprint density at radius 1 is 1.39 bits per heavy atom. The van der Waals surface area contributed by atoms with Gasteiger partial charge in [0, 0.05) is 10.3 Å². The van der Waals surface area contributed by atoms with Crippen molar-refractivity contribution in [3.05, 3.63) is 34.0 Å². The van der Waals surface area contributed by atoms with Crippen LogP contribution in [-0.2, 0) is 17.9 Å². The van der Waals surface area contributed by atoms with Gasteiger partial charge in [-0.3, -0.25) is 14.2 Å². The first-order chi connectivity index (χ1) is 10.8. The third-order valence-corrected chi connectivity index (χ3v) is 4.20. The Balaban J connectivity index is 1.98. The third-order valence-electron chi connectivity index (χ3n) is 3.07. The summed E-state index contributed by atoms with van der Waals surface area (Å²) in [4.78, 5) is 25.5. The van der Waals surface area contributed by atoms with Crippen LogP contribution in [0, 0.1) is 16.7 Å². The van der Waals surface area contributed by atoms with Crippen LogP contribution in [-0.4, -0.2) is 26.5 Å². The van der Waals surface area contributed by atoms with Crippen molar-refractivity contribution in [3.63, 3.8) is 0 Å². The molecule has 0 fully saturated rings. The van der Waals surface area contributed by atoms with Gasteiger partial charge in [-0.2, -0.15) is 5.26 Å². The van der Waals surface area contributed by atoms with E-state index in [0.29, 0.717) is 11.4 Å². The van der Waals surface area contributed by atoms with E-state index in [9.17, 15) is 9.59 Å². The Hall–Kier alpha value is -2.53. The molecule has 0 radical (unpaired) electrons. The zero-order valence-corrected chi connectivity index (χ0v) is 14.0. The lowest BCUT2D eigenvalue weighted by molar-refractivity contribution is -0.128. The summed E-state index contributed by atoms with van der Waals surface area (Å²) >= 11 is 1.33. The molecular weight excluding hydrogens is 314 g/mol. The molecule has 1 N–H and O–H groups in total. The molecule has 120 valence electrons. The quantitative estimate of drug-likeness (QED) is 0.841. The van der Waals surface area contributed by atoms with Crippen molar-refractivity contribution in [1.82, 2.24) is 20.1 Å². The topological polar surface area (TPSA) is 101 Å². The van der Waals surface area contributed by atoms with Gasteiger partial charge >= 0.3 is 0 Å². The summed E-state index contributed by atoms with van der Waals surface area (Å²) in [6, 6.07) is 5.42. The maximum atomic E-state index is 12.2. The van der Waals surface area contributed by atoms with Gasteiger partial charge in [-0.1, -0.05) is 20.8 Å². The second-order valence-corrected chi connectivity index (χ2v) is 7.18. The Labute approximate surface area is 138 Å². The highest BCUT2D eigenvalue weighted by Gasteiger charge is 2.21. The molecule has 0 aliphatic rings. The molecule has 8 heteroatoms. The van der Waals surface area contributed by atoms with Crippen molar-refractivity contribution >= 4 is 23.0 Å². The molecule has 23 heavy (non-hydrogen) atoms. The molecule has 0 spiro atoms. The first-order valence-electron chi connectivity index (χ1n) is 6.99. The lowest BCUT2D eigenvalue weighted by atomic mass is 9.96. The Morgan fingerprint density at radius 2 is 2.13 bits per heavy atom. The number of carbonyl (C=O) groups is 2. The van der Waals surface area contributed by atoms with Crippen LogP contribution >= 0.6 is 11.3 Å². The van der Waals surface area contributed by atoms with E-state index in [1.54, 1.807) is 6.07 Å². The van der Waals surface area contributed by atoms with Crippen LogP contribution in [0.3, 0.4) is 0 Å². The van der Waals surface area contributed by atoms with Crippen LogP contribution in [0.25, 0.3) is 0 Å².